The molecule has 0 spiro atoms. The van der Waals surface area contributed by atoms with Crippen LogP contribution in [-0.2, 0) is 0 Å². The number of hydrogen-bond donors (Lipinski definition) is 3. The second-order valence-electron chi connectivity index (χ2n) is 4.12. The first-order valence-corrected chi connectivity index (χ1v) is 6.14. The second-order valence-corrected chi connectivity index (χ2v) is 4.56. The molecule has 2 aromatic rings. The maximum atomic E-state index is 13.2. The Hall–Kier alpha value is -2.47. The maximum Gasteiger partial charge on any atom is 0.248 e. The fraction of sp³-hybridized carbons (Fsp3) is 0. The Labute approximate surface area is 120 Å². The molecule has 6 heteroatoms. The number of hydrogen-bond acceptors (Lipinski definition) is 3. The number of rotatable bonds is 4. The Kier molecular flexibility index (Phi) is 3.95. The summed E-state index contributed by atoms with van der Waals surface area (Å²) >= 11 is 4.89. The molecule has 0 heterocycles. The minimum absolute atomic E-state index is 0.0979. The minimum Gasteiger partial charge on any atom is -0.389 e. The highest BCUT2D eigenvalue weighted by Crippen LogP contribution is 2.22. The van der Waals surface area contributed by atoms with Crippen LogP contribution in [0.4, 0.5) is 15.8 Å². The first-order chi connectivity index (χ1) is 9.47. The highest BCUT2D eigenvalue weighted by molar-refractivity contribution is 7.80. The molecule has 0 radical (unpaired) electrons. The van der Waals surface area contributed by atoms with E-state index in [-0.39, 0.29) is 4.99 Å². The van der Waals surface area contributed by atoms with Crippen LogP contribution in [0.3, 0.4) is 0 Å². The van der Waals surface area contributed by atoms with E-state index in [1.165, 1.54) is 12.1 Å². The van der Waals surface area contributed by atoms with Crippen molar-refractivity contribution < 1.29 is 9.18 Å². The summed E-state index contributed by atoms with van der Waals surface area (Å²) in [4.78, 5) is 11.1. The third-order valence-electron chi connectivity index (χ3n) is 2.70. The molecule has 2 aromatic carbocycles. The summed E-state index contributed by atoms with van der Waals surface area (Å²) in [6.07, 6.45) is 0. The topological polar surface area (TPSA) is 81.1 Å². The molecule has 0 aliphatic heterocycles. The lowest BCUT2D eigenvalue weighted by molar-refractivity contribution is 0.100. The lowest BCUT2D eigenvalue weighted by Gasteiger charge is -2.11. The van der Waals surface area contributed by atoms with Crippen molar-refractivity contribution in [3.05, 3.63) is 59.4 Å². The normalized spacial score (nSPS) is 10.1. The molecule has 0 aliphatic rings. The summed E-state index contributed by atoms with van der Waals surface area (Å²) in [6, 6.07) is 10.7. The molecule has 0 aliphatic carbocycles. The van der Waals surface area contributed by atoms with Crippen molar-refractivity contribution in [1.29, 1.82) is 0 Å². The van der Waals surface area contributed by atoms with Crippen LogP contribution in [0.15, 0.2) is 42.5 Å². The van der Waals surface area contributed by atoms with Gasteiger partial charge in [0.05, 0.1) is 0 Å². The van der Waals surface area contributed by atoms with Gasteiger partial charge in [-0.2, -0.15) is 0 Å². The molecule has 1 amide bonds. The van der Waals surface area contributed by atoms with Gasteiger partial charge in [-0.3, -0.25) is 4.79 Å². The zero-order valence-electron chi connectivity index (χ0n) is 10.4. The Balaban J connectivity index is 2.30. The second kappa shape index (κ2) is 5.66. The average molecular weight is 289 g/mol. The van der Waals surface area contributed by atoms with Gasteiger partial charge in [-0.15, -0.1) is 0 Å². The number of carbonyl (C=O) groups is 1. The van der Waals surface area contributed by atoms with Crippen LogP contribution in [0, 0.1) is 5.82 Å². The molecule has 20 heavy (non-hydrogen) atoms. The molecule has 0 saturated carbocycles. The smallest absolute Gasteiger partial charge is 0.248 e. The predicted molar refractivity (Wildman–Crippen MR) is 80.5 cm³/mol. The molecule has 0 aromatic heterocycles. The molecular weight excluding hydrogens is 277 g/mol. The standard InChI is InChI=1S/C14H12FN3OS/c15-9-3-6-12(11(7-9)14(17)20)18-10-4-1-8(2-5-10)13(16)19/h1-7,18H,(H2,16,19)(H2,17,20). The first kappa shape index (κ1) is 14.0. The van der Waals surface area contributed by atoms with Gasteiger partial charge in [0.25, 0.3) is 0 Å². The number of carbonyl (C=O) groups excluding carboxylic acids is 1. The quantitative estimate of drug-likeness (QED) is 0.754. The van der Waals surface area contributed by atoms with Crippen LogP contribution in [0.5, 0.6) is 0 Å². The van der Waals surface area contributed by atoms with Crippen molar-refractivity contribution in [3.8, 4) is 0 Å². The van der Waals surface area contributed by atoms with Crippen molar-refractivity contribution in [2.24, 2.45) is 11.5 Å². The van der Waals surface area contributed by atoms with Gasteiger partial charge < -0.3 is 16.8 Å². The van der Waals surface area contributed by atoms with E-state index in [0.717, 1.165) is 0 Å². The minimum atomic E-state index is -0.498. The molecule has 5 N–H and O–H groups in total. The Morgan fingerprint density at radius 3 is 2.30 bits per heavy atom. The van der Waals surface area contributed by atoms with Crippen LogP contribution in [0.2, 0.25) is 0 Å². The van der Waals surface area contributed by atoms with Crippen LogP contribution < -0.4 is 16.8 Å². The lowest BCUT2D eigenvalue weighted by atomic mass is 10.1. The molecule has 0 unspecified atom stereocenters. The largest absolute Gasteiger partial charge is 0.389 e. The third-order valence-corrected chi connectivity index (χ3v) is 2.92. The summed E-state index contributed by atoms with van der Waals surface area (Å²) in [6.45, 7) is 0. The summed E-state index contributed by atoms with van der Waals surface area (Å²) in [7, 11) is 0. The van der Waals surface area contributed by atoms with Gasteiger partial charge in [0.15, 0.2) is 0 Å². The van der Waals surface area contributed by atoms with E-state index in [4.69, 9.17) is 23.7 Å². The Morgan fingerprint density at radius 2 is 1.75 bits per heavy atom. The number of anilines is 2. The number of halogens is 1. The van der Waals surface area contributed by atoms with Crippen molar-refractivity contribution in [2.75, 3.05) is 5.32 Å². The van der Waals surface area contributed by atoms with Gasteiger partial charge >= 0.3 is 0 Å². The summed E-state index contributed by atoms with van der Waals surface area (Å²) in [5, 5.41) is 3.06. The Morgan fingerprint density at radius 1 is 1.10 bits per heavy atom. The SMILES string of the molecule is NC(=O)c1ccc(Nc2ccc(F)cc2C(N)=S)cc1. The van der Waals surface area contributed by atoms with Crippen LogP contribution in [0.1, 0.15) is 15.9 Å². The number of thiocarbonyl (C=S) groups is 1. The van der Waals surface area contributed by atoms with E-state index < -0.39 is 11.7 Å². The number of primary amides is 1. The van der Waals surface area contributed by atoms with Crippen LogP contribution in [-0.4, -0.2) is 10.9 Å². The zero-order chi connectivity index (χ0) is 14.7. The summed E-state index contributed by atoms with van der Waals surface area (Å²) < 4.78 is 13.2. The monoisotopic (exact) mass is 289 g/mol. The first-order valence-electron chi connectivity index (χ1n) is 5.73. The average Bonchev–Trinajstić information content (AvgIpc) is 2.41. The summed E-state index contributed by atoms with van der Waals surface area (Å²) in [5.41, 5.74) is 12.8. The highest BCUT2D eigenvalue weighted by atomic mass is 32.1. The molecule has 4 nitrogen and oxygen atoms in total. The zero-order valence-corrected chi connectivity index (χ0v) is 11.2. The van der Waals surface area contributed by atoms with Crippen molar-refractivity contribution in [2.45, 2.75) is 0 Å². The maximum absolute atomic E-state index is 13.2. The van der Waals surface area contributed by atoms with Gasteiger partial charge in [0.1, 0.15) is 10.8 Å². The Bertz CT molecular complexity index is 671. The summed E-state index contributed by atoms with van der Waals surface area (Å²) in [5.74, 6) is -0.912. The van der Waals surface area contributed by atoms with Gasteiger partial charge in [0.2, 0.25) is 5.91 Å². The lowest BCUT2D eigenvalue weighted by Crippen LogP contribution is -2.12. The van der Waals surface area contributed by atoms with Crippen LogP contribution >= 0.6 is 12.2 Å². The van der Waals surface area contributed by atoms with Gasteiger partial charge in [0, 0.05) is 22.5 Å². The third kappa shape index (κ3) is 3.10. The van der Waals surface area contributed by atoms with E-state index in [9.17, 15) is 9.18 Å². The molecular formula is C14H12FN3OS. The van der Waals surface area contributed by atoms with E-state index in [1.54, 1.807) is 30.3 Å². The van der Waals surface area contributed by atoms with Gasteiger partial charge in [-0.1, -0.05) is 12.2 Å². The van der Waals surface area contributed by atoms with E-state index in [1.807, 2.05) is 0 Å². The van der Waals surface area contributed by atoms with E-state index >= 15 is 0 Å². The molecule has 102 valence electrons. The number of nitrogens with one attached hydrogen (secondary N) is 1. The molecule has 0 atom stereocenters. The van der Waals surface area contributed by atoms with Crippen LogP contribution in [0.25, 0.3) is 0 Å². The number of benzene rings is 2. The molecule has 0 saturated heterocycles. The van der Waals surface area contributed by atoms with E-state index in [2.05, 4.69) is 5.32 Å². The predicted octanol–water partition coefficient (Wildman–Crippen LogP) is 2.30. The molecule has 2 rings (SSSR count). The molecule has 0 bridgehead atoms. The fourth-order valence-electron chi connectivity index (χ4n) is 1.70. The van der Waals surface area contributed by atoms with Crippen molar-refractivity contribution in [3.63, 3.8) is 0 Å². The van der Waals surface area contributed by atoms with Gasteiger partial charge in [-0.05, 0) is 42.5 Å². The van der Waals surface area contributed by atoms with E-state index in [0.29, 0.717) is 22.5 Å². The van der Waals surface area contributed by atoms with Gasteiger partial charge in [-0.25, -0.2) is 4.39 Å². The van der Waals surface area contributed by atoms with Crippen molar-refractivity contribution in [1.82, 2.24) is 0 Å². The molecule has 0 fully saturated rings. The van der Waals surface area contributed by atoms with Crippen molar-refractivity contribution >= 4 is 34.5 Å². The highest BCUT2D eigenvalue weighted by Gasteiger charge is 2.07. The fourth-order valence-corrected chi connectivity index (χ4v) is 1.87. The number of nitrogens with two attached hydrogens (primary N) is 2. The number of amides is 1.